The number of nitrogens with one attached hydrogen (secondary N) is 1. The Kier molecular flexibility index (Phi) is 4.65. The van der Waals surface area contributed by atoms with Crippen LogP contribution in [-0.4, -0.2) is 23.6 Å². The van der Waals surface area contributed by atoms with Gasteiger partial charge in [-0.15, -0.1) is 11.3 Å². The van der Waals surface area contributed by atoms with Gasteiger partial charge in [-0.1, -0.05) is 0 Å². The third-order valence-corrected chi connectivity index (χ3v) is 5.63. The molecule has 3 aromatic rings. The first-order valence-corrected chi connectivity index (χ1v) is 10.2. The van der Waals surface area contributed by atoms with Gasteiger partial charge < -0.3 is 14.8 Å². The van der Waals surface area contributed by atoms with Crippen molar-refractivity contribution in [1.29, 1.82) is 0 Å². The van der Waals surface area contributed by atoms with Crippen molar-refractivity contribution in [3.63, 3.8) is 0 Å². The minimum Gasteiger partial charge on any atom is -0.492 e. The van der Waals surface area contributed by atoms with Crippen LogP contribution in [0.3, 0.4) is 0 Å². The molecule has 5 nitrogen and oxygen atoms in total. The number of amides is 1. The highest BCUT2D eigenvalue weighted by Crippen LogP contribution is 2.38. The van der Waals surface area contributed by atoms with Gasteiger partial charge in [0.05, 0.1) is 12.3 Å². The van der Waals surface area contributed by atoms with E-state index in [0.717, 1.165) is 28.3 Å². The van der Waals surface area contributed by atoms with Crippen LogP contribution in [0.1, 0.15) is 29.9 Å². The molecule has 0 saturated heterocycles. The maximum absolute atomic E-state index is 12.7. The van der Waals surface area contributed by atoms with Crippen molar-refractivity contribution in [2.24, 2.45) is 0 Å². The number of carbonyl (C=O) groups is 1. The number of thiazole rings is 1. The lowest BCUT2D eigenvalue weighted by atomic mass is 10.1. The summed E-state index contributed by atoms with van der Waals surface area (Å²) in [6.45, 7) is 4.47. The molecule has 26 heavy (non-hydrogen) atoms. The summed E-state index contributed by atoms with van der Waals surface area (Å²) < 4.78 is 11.5. The number of hydrogen-bond acceptors (Lipinski definition) is 6. The lowest BCUT2D eigenvalue weighted by Crippen LogP contribution is -2.13. The van der Waals surface area contributed by atoms with Crippen molar-refractivity contribution in [3.05, 3.63) is 45.6 Å². The molecule has 4 rings (SSSR count). The van der Waals surface area contributed by atoms with E-state index in [1.165, 1.54) is 11.3 Å². The van der Waals surface area contributed by atoms with E-state index in [4.69, 9.17) is 9.47 Å². The first-order valence-electron chi connectivity index (χ1n) is 8.40. The number of ether oxygens (including phenoxy) is 2. The number of anilines is 1. The van der Waals surface area contributed by atoms with Crippen LogP contribution in [0.4, 0.5) is 5.69 Å². The van der Waals surface area contributed by atoms with Crippen LogP contribution in [0.5, 0.6) is 11.5 Å². The number of carbonyl (C=O) groups excluding carboxylic acids is 1. The van der Waals surface area contributed by atoms with Crippen LogP contribution in [-0.2, 0) is 6.42 Å². The Balaban J connectivity index is 1.58. The third kappa shape index (κ3) is 3.32. The molecule has 0 bridgehead atoms. The number of hydrogen-bond donors (Lipinski definition) is 1. The van der Waals surface area contributed by atoms with E-state index >= 15 is 0 Å². The molecule has 1 aliphatic heterocycles. The fourth-order valence-electron chi connectivity index (χ4n) is 2.90. The standard InChI is InChI=1S/C19H18N2O3S2/c1-3-23-17-7-13-6-11(2)24-16(13)8-14(17)20-18(22)15-10-26-19(21-15)12-4-5-25-9-12/h4-5,7-11H,3,6H2,1-2H3,(H,20,22)/t11-/m1/s1. The highest BCUT2D eigenvalue weighted by Gasteiger charge is 2.23. The van der Waals surface area contributed by atoms with Gasteiger partial charge in [0.2, 0.25) is 0 Å². The van der Waals surface area contributed by atoms with E-state index in [-0.39, 0.29) is 12.0 Å². The van der Waals surface area contributed by atoms with Crippen molar-refractivity contribution in [2.45, 2.75) is 26.4 Å². The molecule has 1 aromatic carbocycles. The third-order valence-electron chi connectivity index (χ3n) is 4.05. The Hall–Kier alpha value is -2.38. The minimum absolute atomic E-state index is 0.136. The maximum Gasteiger partial charge on any atom is 0.275 e. The zero-order valence-electron chi connectivity index (χ0n) is 14.4. The van der Waals surface area contributed by atoms with Gasteiger partial charge in [0.25, 0.3) is 5.91 Å². The Morgan fingerprint density at radius 1 is 1.42 bits per heavy atom. The van der Waals surface area contributed by atoms with Crippen LogP contribution >= 0.6 is 22.7 Å². The van der Waals surface area contributed by atoms with Crippen LogP contribution in [0.15, 0.2) is 34.3 Å². The fraction of sp³-hybridized carbons (Fsp3) is 0.263. The first kappa shape index (κ1) is 17.1. The smallest absolute Gasteiger partial charge is 0.275 e. The normalized spacial score (nSPS) is 15.4. The predicted octanol–water partition coefficient (Wildman–Crippen LogP) is 4.85. The van der Waals surface area contributed by atoms with Gasteiger partial charge in [-0.05, 0) is 31.4 Å². The second-order valence-corrected chi connectivity index (χ2v) is 7.66. The van der Waals surface area contributed by atoms with Crippen molar-refractivity contribution >= 4 is 34.3 Å². The molecule has 1 aliphatic rings. The summed E-state index contributed by atoms with van der Waals surface area (Å²) >= 11 is 3.07. The zero-order valence-corrected chi connectivity index (χ0v) is 16.1. The highest BCUT2D eigenvalue weighted by molar-refractivity contribution is 7.14. The molecule has 1 N–H and O–H groups in total. The van der Waals surface area contributed by atoms with E-state index in [0.29, 0.717) is 23.7 Å². The van der Waals surface area contributed by atoms with Gasteiger partial charge >= 0.3 is 0 Å². The van der Waals surface area contributed by atoms with Gasteiger partial charge in [0, 0.05) is 34.4 Å². The molecular weight excluding hydrogens is 368 g/mol. The summed E-state index contributed by atoms with van der Waals surface area (Å²) in [5.74, 6) is 1.20. The predicted molar refractivity (Wildman–Crippen MR) is 105 cm³/mol. The van der Waals surface area contributed by atoms with E-state index < -0.39 is 0 Å². The number of benzene rings is 1. The highest BCUT2D eigenvalue weighted by atomic mass is 32.1. The molecule has 1 atom stereocenters. The van der Waals surface area contributed by atoms with Gasteiger partial charge in [-0.3, -0.25) is 4.79 Å². The summed E-state index contributed by atoms with van der Waals surface area (Å²) in [5.41, 5.74) is 3.14. The van der Waals surface area contributed by atoms with Gasteiger partial charge in [-0.2, -0.15) is 11.3 Å². The van der Waals surface area contributed by atoms with Crippen LogP contribution in [0.2, 0.25) is 0 Å². The summed E-state index contributed by atoms with van der Waals surface area (Å²) in [4.78, 5) is 17.1. The van der Waals surface area contributed by atoms with Crippen LogP contribution in [0, 0.1) is 0 Å². The summed E-state index contributed by atoms with van der Waals surface area (Å²) in [6.07, 6.45) is 0.983. The molecular formula is C19H18N2O3S2. The topological polar surface area (TPSA) is 60.5 Å². The van der Waals surface area contributed by atoms with Crippen LogP contribution in [0.25, 0.3) is 10.6 Å². The molecule has 134 valence electrons. The molecule has 0 aliphatic carbocycles. The molecule has 0 saturated carbocycles. The van der Waals surface area contributed by atoms with E-state index in [2.05, 4.69) is 10.3 Å². The van der Waals surface area contributed by atoms with E-state index in [1.54, 1.807) is 16.7 Å². The van der Waals surface area contributed by atoms with Crippen molar-refractivity contribution in [1.82, 2.24) is 4.98 Å². The average Bonchev–Trinajstić information content (AvgIpc) is 3.34. The average molecular weight is 386 g/mol. The molecule has 2 aromatic heterocycles. The molecule has 0 unspecified atom stereocenters. The second-order valence-electron chi connectivity index (χ2n) is 6.03. The molecule has 1 amide bonds. The maximum atomic E-state index is 12.7. The van der Waals surface area contributed by atoms with Crippen molar-refractivity contribution < 1.29 is 14.3 Å². The second kappa shape index (κ2) is 7.09. The molecule has 7 heteroatoms. The van der Waals surface area contributed by atoms with E-state index in [1.807, 2.05) is 42.8 Å². The number of fused-ring (bicyclic) bond motifs is 1. The molecule has 3 heterocycles. The Morgan fingerprint density at radius 2 is 2.31 bits per heavy atom. The number of nitrogens with zero attached hydrogens (tertiary/aromatic N) is 1. The SMILES string of the molecule is CCOc1cc2c(cc1NC(=O)c1csc(-c3ccsc3)n1)O[C@H](C)C2. The molecule has 0 spiro atoms. The fourth-order valence-corrected chi connectivity index (χ4v) is 4.41. The van der Waals surface area contributed by atoms with Gasteiger partial charge in [0.1, 0.15) is 28.3 Å². The first-order chi connectivity index (χ1) is 12.6. The van der Waals surface area contributed by atoms with Gasteiger partial charge in [-0.25, -0.2) is 4.98 Å². The molecule has 0 radical (unpaired) electrons. The summed E-state index contributed by atoms with van der Waals surface area (Å²) in [6, 6.07) is 5.79. The van der Waals surface area contributed by atoms with E-state index in [9.17, 15) is 4.79 Å². The van der Waals surface area contributed by atoms with Crippen LogP contribution < -0.4 is 14.8 Å². The number of aromatic nitrogens is 1. The minimum atomic E-state index is -0.255. The van der Waals surface area contributed by atoms with Gasteiger partial charge in [0.15, 0.2) is 0 Å². The number of thiophene rings is 1. The Labute approximate surface area is 159 Å². The summed E-state index contributed by atoms with van der Waals surface area (Å²) in [5, 5.41) is 9.55. The lowest BCUT2D eigenvalue weighted by molar-refractivity contribution is 0.102. The largest absolute Gasteiger partial charge is 0.492 e. The molecule has 0 fully saturated rings. The van der Waals surface area contributed by atoms with Crippen molar-refractivity contribution in [3.8, 4) is 22.1 Å². The quantitative estimate of drug-likeness (QED) is 0.681. The van der Waals surface area contributed by atoms with Crippen molar-refractivity contribution in [2.75, 3.05) is 11.9 Å². The Bertz CT molecular complexity index is 934. The number of rotatable bonds is 5. The zero-order chi connectivity index (χ0) is 18.1. The Morgan fingerprint density at radius 3 is 3.08 bits per heavy atom. The monoisotopic (exact) mass is 386 g/mol. The lowest BCUT2D eigenvalue weighted by Gasteiger charge is -2.13. The summed E-state index contributed by atoms with van der Waals surface area (Å²) in [7, 11) is 0.